The second-order valence-corrected chi connectivity index (χ2v) is 7.59. The first-order valence-corrected chi connectivity index (χ1v) is 10.4. The Balaban J connectivity index is 1.82. The normalized spacial score (nSPS) is 12.2. The Kier molecular flexibility index (Phi) is 6.40. The average Bonchev–Trinajstić information content (AvgIpc) is 3.19. The Morgan fingerprint density at radius 1 is 1.19 bits per heavy atom. The quantitative estimate of drug-likeness (QED) is 0.493. The van der Waals surface area contributed by atoms with Crippen molar-refractivity contribution in [2.45, 2.75) is 52.0 Å². The molecule has 0 radical (unpaired) electrons. The molecule has 1 aromatic carbocycles. The van der Waals surface area contributed by atoms with Crippen molar-refractivity contribution in [3.05, 3.63) is 52.7 Å². The highest BCUT2D eigenvalue weighted by Crippen LogP contribution is 2.26. The maximum atomic E-state index is 12.9. The van der Waals surface area contributed by atoms with Crippen LogP contribution in [0.5, 0.6) is 0 Å². The molecule has 4 heteroatoms. The van der Waals surface area contributed by atoms with Crippen LogP contribution in [0.3, 0.4) is 0 Å². The Hall–Kier alpha value is -2.20. The van der Waals surface area contributed by atoms with E-state index in [1.165, 1.54) is 19.3 Å². The number of nitrogens with one attached hydrogen (secondary N) is 1. The number of hydrogen-bond donors (Lipinski definition) is 1. The van der Waals surface area contributed by atoms with E-state index >= 15 is 0 Å². The lowest BCUT2D eigenvalue weighted by Crippen LogP contribution is -2.32. The summed E-state index contributed by atoms with van der Waals surface area (Å²) in [6.45, 7) is 4.30. The molecule has 3 aromatic rings. The molecule has 3 rings (SSSR count). The van der Waals surface area contributed by atoms with Gasteiger partial charge < -0.3 is 5.32 Å². The molecular formula is C22H26N2OS. The first kappa shape index (κ1) is 18.6. The molecular weight excluding hydrogens is 340 g/mol. The van der Waals surface area contributed by atoms with Gasteiger partial charge in [-0.1, -0.05) is 50.8 Å². The van der Waals surface area contributed by atoms with Crippen LogP contribution in [0.1, 0.15) is 56.3 Å². The number of amides is 1. The van der Waals surface area contributed by atoms with Crippen LogP contribution >= 0.6 is 11.3 Å². The van der Waals surface area contributed by atoms with Crippen molar-refractivity contribution in [3.63, 3.8) is 0 Å². The summed E-state index contributed by atoms with van der Waals surface area (Å²) in [4.78, 5) is 17.7. The van der Waals surface area contributed by atoms with Gasteiger partial charge in [0.15, 0.2) is 0 Å². The number of hydrogen-bond acceptors (Lipinski definition) is 3. The van der Waals surface area contributed by atoms with Crippen LogP contribution in [-0.4, -0.2) is 16.9 Å². The van der Waals surface area contributed by atoms with Crippen LogP contribution in [0.4, 0.5) is 0 Å². The zero-order valence-corrected chi connectivity index (χ0v) is 16.3. The maximum absolute atomic E-state index is 12.9. The molecule has 0 bridgehead atoms. The van der Waals surface area contributed by atoms with Gasteiger partial charge in [-0.05, 0) is 36.9 Å². The first-order chi connectivity index (χ1) is 12.7. The van der Waals surface area contributed by atoms with Crippen molar-refractivity contribution >= 4 is 28.1 Å². The molecule has 3 nitrogen and oxygen atoms in total. The Bertz CT molecular complexity index is 858. The highest BCUT2D eigenvalue weighted by Gasteiger charge is 2.15. The maximum Gasteiger partial charge on any atom is 0.252 e. The Morgan fingerprint density at radius 3 is 2.81 bits per heavy atom. The minimum Gasteiger partial charge on any atom is -0.350 e. The van der Waals surface area contributed by atoms with E-state index in [2.05, 4.69) is 24.5 Å². The van der Waals surface area contributed by atoms with E-state index in [0.29, 0.717) is 5.56 Å². The van der Waals surface area contributed by atoms with Gasteiger partial charge >= 0.3 is 0 Å². The first-order valence-electron chi connectivity index (χ1n) is 9.42. The van der Waals surface area contributed by atoms with Crippen molar-refractivity contribution < 1.29 is 4.79 Å². The standard InChI is InChI=1S/C22H26N2OS/c1-3-4-5-6-9-16(2)23-22(25)19-14-21(17-12-13-26-15-17)24-20-11-8-7-10-18(19)20/h7-8,10-16H,3-6,9H2,1-2H3,(H,23,25). The van der Waals surface area contributed by atoms with E-state index < -0.39 is 0 Å². The van der Waals surface area contributed by atoms with E-state index in [1.54, 1.807) is 11.3 Å². The SMILES string of the molecule is CCCCCCC(C)NC(=O)c1cc(-c2ccsc2)nc2ccccc12. The summed E-state index contributed by atoms with van der Waals surface area (Å²) in [5, 5.41) is 8.18. The number of aromatic nitrogens is 1. The number of fused-ring (bicyclic) bond motifs is 1. The number of benzene rings is 1. The number of pyridine rings is 1. The number of nitrogens with zero attached hydrogens (tertiary/aromatic N) is 1. The molecule has 0 fully saturated rings. The van der Waals surface area contributed by atoms with Crippen molar-refractivity contribution in [2.24, 2.45) is 0 Å². The summed E-state index contributed by atoms with van der Waals surface area (Å²) in [6.07, 6.45) is 5.91. The number of carbonyl (C=O) groups is 1. The summed E-state index contributed by atoms with van der Waals surface area (Å²) in [5.74, 6) is -0.0110. The third kappa shape index (κ3) is 4.50. The predicted molar refractivity (Wildman–Crippen MR) is 111 cm³/mol. The zero-order chi connectivity index (χ0) is 18.4. The number of carbonyl (C=O) groups excluding carboxylic acids is 1. The van der Waals surface area contributed by atoms with Gasteiger partial charge in [-0.15, -0.1) is 0 Å². The number of para-hydroxylation sites is 1. The highest BCUT2D eigenvalue weighted by molar-refractivity contribution is 7.08. The minimum absolute atomic E-state index is 0.0110. The van der Waals surface area contributed by atoms with E-state index in [0.717, 1.165) is 35.0 Å². The third-order valence-electron chi connectivity index (χ3n) is 4.65. The predicted octanol–water partition coefficient (Wildman–Crippen LogP) is 6.05. The van der Waals surface area contributed by atoms with E-state index in [4.69, 9.17) is 4.98 Å². The second-order valence-electron chi connectivity index (χ2n) is 6.81. The molecule has 0 spiro atoms. The number of thiophene rings is 1. The van der Waals surface area contributed by atoms with Crippen molar-refractivity contribution in [1.29, 1.82) is 0 Å². The van der Waals surface area contributed by atoms with Crippen LogP contribution in [0.2, 0.25) is 0 Å². The van der Waals surface area contributed by atoms with Crippen molar-refractivity contribution in [3.8, 4) is 11.3 Å². The molecule has 136 valence electrons. The Labute approximate surface area is 159 Å². The van der Waals surface area contributed by atoms with Gasteiger partial charge in [-0.2, -0.15) is 11.3 Å². The lowest BCUT2D eigenvalue weighted by molar-refractivity contribution is 0.0939. The van der Waals surface area contributed by atoms with E-state index in [-0.39, 0.29) is 11.9 Å². The van der Waals surface area contributed by atoms with Gasteiger partial charge in [-0.25, -0.2) is 4.98 Å². The molecule has 2 heterocycles. The Morgan fingerprint density at radius 2 is 2.04 bits per heavy atom. The molecule has 0 aliphatic heterocycles. The molecule has 0 aliphatic carbocycles. The number of unbranched alkanes of at least 4 members (excludes halogenated alkanes) is 3. The van der Waals surface area contributed by atoms with Gasteiger partial charge in [0.2, 0.25) is 0 Å². The van der Waals surface area contributed by atoms with Crippen LogP contribution in [0.15, 0.2) is 47.2 Å². The van der Waals surface area contributed by atoms with Crippen LogP contribution < -0.4 is 5.32 Å². The zero-order valence-electron chi connectivity index (χ0n) is 15.5. The molecule has 0 aliphatic rings. The molecule has 1 amide bonds. The van der Waals surface area contributed by atoms with Crippen molar-refractivity contribution in [2.75, 3.05) is 0 Å². The van der Waals surface area contributed by atoms with E-state index in [1.807, 2.05) is 41.8 Å². The fraction of sp³-hybridized carbons (Fsp3) is 0.364. The molecule has 1 N–H and O–H groups in total. The monoisotopic (exact) mass is 366 g/mol. The van der Waals surface area contributed by atoms with E-state index in [9.17, 15) is 4.79 Å². The van der Waals surface area contributed by atoms with Crippen LogP contribution in [-0.2, 0) is 0 Å². The van der Waals surface area contributed by atoms with Crippen molar-refractivity contribution in [1.82, 2.24) is 10.3 Å². The fourth-order valence-electron chi connectivity index (χ4n) is 3.17. The van der Waals surface area contributed by atoms with Gasteiger partial charge in [0.25, 0.3) is 5.91 Å². The molecule has 0 saturated carbocycles. The van der Waals surface area contributed by atoms with Gasteiger partial charge in [0.05, 0.1) is 16.8 Å². The summed E-state index contributed by atoms with van der Waals surface area (Å²) >= 11 is 1.64. The van der Waals surface area contributed by atoms with Crippen LogP contribution in [0, 0.1) is 0 Å². The molecule has 26 heavy (non-hydrogen) atoms. The molecule has 2 aromatic heterocycles. The smallest absolute Gasteiger partial charge is 0.252 e. The summed E-state index contributed by atoms with van der Waals surface area (Å²) in [7, 11) is 0. The van der Waals surface area contributed by atoms with Gasteiger partial charge in [0, 0.05) is 22.4 Å². The van der Waals surface area contributed by atoms with Gasteiger partial charge in [-0.3, -0.25) is 4.79 Å². The largest absolute Gasteiger partial charge is 0.350 e. The molecule has 1 unspecified atom stereocenters. The van der Waals surface area contributed by atoms with Gasteiger partial charge in [0.1, 0.15) is 0 Å². The summed E-state index contributed by atoms with van der Waals surface area (Å²) in [5.41, 5.74) is 3.47. The molecule has 1 atom stereocenters. The number of rotatable bonds is 8. The summed E-state index contributed by atoms with van der Waals surface area (Å²) in [6, 6.07) is 12.0. The van der Waals surface area contributed by atoms with Crippen LogP contribution in [0.25, 0.3) is 22.2 Å². The summed E-state index contributed by atoms with van der Waals surface area (Å²) < 4.78 is 0. The average molecular weight is 367 g/mol. The highest BCUT2D eigenvalue weighted by atomic mass is 32.1. The minimum atomic E-state index is -0.0110. The second kappa shape index (κ2) is 8.95. The lowest BCUT2D eigenvalue weighted by Gasteiger charge is -2.15. The lowest BCUT2D eigenvalue weighted by atomic mass is 10.0. The molecule has 0 saturated heterocycles. The topological polar surface area (TPSA) is 42.0 Å². The fourth-order valence-corrected chi connectivity index (χ4v) is 3.82. The third-order valence-corrected chi connectivity index (χ3v) is 5.33.